The van der Waals surface area contributed by atoms with Gasteiger partial charge in [-0.05, 0) is 30.0 Å². The first-order chi connectivity index (χ1) is 9.72. The van der Waals surface area contributed by atoms with Crippen molar-refractivity contribution < 1.29 is 0 Å². The van der Waals surface area contributed by atoms with E-state index in [0.717, 1.165) is 30.9 Å². The molecule has 0 saturated carbocycles. The van der Waals surface area contributed by atoms with Gasteiger partial charge in [0.05, 0.1) is 5.69 Å². The number of nitrogens with zero attached hydrogens (tertiary/aromatic N) is 3. The van der Waals surface area contributed by atoms with Crippen molar-refractivity contribution in [1.29, 1.82) is 0 Å². The summed E-state index contributed by atoms with van der Waals surface area (Å²) in [5.74, 6) is 1.37. The molecule has 0 bridgehead atoms. The van der Waals surface area contributed by atoms with Crippen molar-refractivity contribution in [3.05, 3.63) is 47.7 Å². The lowest BCUT2D eigenvalue weighted by molar-refractivity contribution is 0.812. The van der Waals surface area contributed by atoms with Crippen LogP contribution in [0.25, 0.3) is 0 Å². The average molecular weight is 270 g/mol. The Kier molecular flexibility index (Phi) is 5.04. The van der Waals surface area contributed by atoms with Gasteiger partial charge >= 0.3 is 0 Å². The zero-order chi connectivity index (χ0) is 14.4. The van der Waals surface area contributed by atoms with Crippen LogP contribution in [0, 0.1) is 0 Å². The van der Waals surface area contributed by atoms with E-state index in [-0.39, 0.29) is 0 Å². The molecule has 0 radical (unpaired) electrons. The van der Waals surface area contributed by atoms with Crippen LogP contribution in [-0.4, -0.2) is 21.5 Å². The van der Waals surface area contributed by atoms with Gasteiger partial charge in [0.25, 0.3) is 0 Å². The summed E-state index contributed by atoms with van der Waals surface area (Å²) in [4.78, 5) is 13.0. The Morgan fingerprint density at radius 3 is 2.55 bits per heavy atom. The van der Waals surface area contributed by atoms with Crippen LogP contribution in [0.2, 0.25) is 0 Å². The van der Waals surface area contributed by atoms with Gasteiger partial charge in [-0.1, -0.05) is 20.8 Å². The van der Waals surface area contributed by atoms with Crippen molar-refractivity contribution in [2.75, 3.05) is 11.9 Å². The molecular weight excluding hydrogens is 248 g/mol. The van der Waals surface area contributed by atoms with Crippen molar-refractivity contribution in [3.8, 4) is 0 Å². The molecule has 20 heavy (non-hydrogen) atoms. The standard InChI is InChI=1S/C16H22N4/c1-4-7-18-16-15(12(2)3)14(19-11-20-16)10-13-5-8-17-9-6-13/h5-6,8-9,11-12H,4,7,10H2,1-3H3,(H,18,19,20). The molecule has 4 heteroatoms. The second-order valence-corrected chi connectivity index (χ2v) is 5.20. The third-order valence-corrected chi connectivity index (χ3v) is 3.21. The lowest BCUT2D eigenvalue weighted by Crippen LogP contribution is -2.10. The largest absolute Gasteiger partial charge is 0.370 e. The van der Waals surface area contributed by atoms with Crippen LogP contribution in [-0.2, 0) is 6.42 Å². The van der Waals surface area contributed by atoms with Crippen molar-refractivity contribution in [1.82, 2.24) is 15.0 Å². The van der Waals surface area contributed by atoms with E-state index < -0.39 is 0 Å². The topological polar surface area (TPSA) is 50.7 Å². The maximum absolute atomic E-state index is 4.49. The highest BCUT2D eigenvalue weighted by atomic mass is 15.0. The first-order valence-corrected chi connectivity index (χ1v) is 7.19. The first-order valence-electron chi connectivity index (χ1n) is 7.19. The Labute approximate surface area is 120 Å². The molecule has 0 amide bonds. The SMILES string of the molecule is CCCNc1ncnc(Cc2ccncc2)c1C(C)C. The summed E-state index contributed by atoms with van der Waals surface area (Å²) >= 11 is 0. The Bertz CT molecular complexity index is 537. The van der Waals surface area contributed by atoms with Crippen molar-refractivity contribution in [2.24, 2.45) is 0 Å². The smallest absolute Gasteiger partial charge is 0.133 e. The van der Waals surface area contributed by atoms with E-state index in [9.17, 15) is 0 Å². The Hall–Kier alpha value is -1.97. The predicted octanol–water partition coefficient (Wildman–Crippen LogP) is 3.41. The summed E-state index contributed by atoms with van der Waals surface area (Å²) in [6.45, 7) is 7.46. The summed E-state index contributed by atoms with van der Waals surface area (Å²) < 4.78 is 0. The van der Waals surface area contributed by atoms with Crippen LogP contribution in [0.1, 0.15) is 49.9 Å². The van der Waals surface area contributed by atoms with E-state index in [1.54, 1.807) is 6.33 Å². The van der Waals surface area contributed by atoms with Crippen LogP contribution in [0.3, 0.4) is 0 Å². The Morgan fingerprint density at radius 1 is 1.15 bits per heavy atom. The summed E-state index contributed by atoms with van der Waals surface area (Å²) in [5.41, 5.74) is 3.54. The monoisotopic (exact) mass is 270 g/mol. The van der Waals surface area contributed by atoms with Crippen LogP contribution < -0.4 is 5.32 Å². The van der Waals surface area contributed by atoms with Crippen LogP contribution in [0.15, 0.2) is 30.9 Å². The highest BCUT2D eigenvalue weighted by Gasteiger charge is 2.14. The number of nitrogens with one attached hydrogen (secondary N) is 1. The van der Waals surface area contributed by atoms with Gasteiger partial charge in [-0.2, -0.15) is 0 Å². The highest BCUT2D eigenvalue weighted by molar-refractivity contribution is 5.48. The molecule has 106 valence electrons. The van der Waals surface area contributed by atoms with Gasteiger partial charge in [0, 0.05) is 30.9 Å². The van der Waals surface area contributed by atoms with Gasteiger partial charge in [-0.3, -0.25) is 4.98 Å². The number of hydrogen-bond donors (Lipinski definition) is 1. The minimum absolute atomic E-state index is 0.396. The van der Waals surface area contributed by atoms with E-state index in [1.807, 2.05) is 24.5 Å². The fourth-order valence-electron chi connectivity index (χ4n) is 2.26. The molecule has 0 aliphatic carbocycles. The van der Waals surface area contributed by atoms with Crippen LogP contribution in [0.4, 0.5) is 5.82 Å². The van der Waals surface area contributed by atoms with Gasteiger partial charge in [-0.15, -0.1) is 0 Å². The Balaban J connectivity index is 2.32. The molecular formula is C16H22N4. The normalized spacial score (nSPS) is 10.8. The van der Waals surface area contributed by atoms with Crippen LogP contribution in [0.5, 0.6) is 0 Å². The van der Waals surface area contributed by atoms with E-state index in [2.05, 4.69) is 41.0 Å². The molecule has 0 spiro atoms. The van der Waals surface area contributed by atoms with Gasteiger partial charge in [0.15, 0.2) is 0 Å². The summed E-state index contributed by atoms with van der Waals surface area (Å²) in [6, 6.07) is 4.07. The number of hydrogen-bond acceptors (Lipinski definition) is 4. The molecule has 0 fully saturated rings. The molecule has 2 rings (SSSR count). The van der Waals surface area contributed by atoms with Gasteiger partial charge in [0.2, 0.25) is 0 Å². The lowest BCUT2D eigenvalue weighted by atomic mass is 9.98. The van der Waals surface area contributed by atoms with E-state index in [4.69, 9.17) is 0 Å². The number of rotatable bonds is 6. The molecule has 2 aromatic heterocycles. The maximum Gasteiger partial charge on any atom is 0.133 e. The van der Waals surface area contributed by atoms with Gasteiger partial charge < -0.3 is 5.32 Å². The van der Waals surface area contributed by atoms with E-state index in [1.165, 1.54) is 11.1 Å². The minimum Gasteiger partial charge on any atom is -0.370 e. The van der Waals surface area contributed by atoms with Crippen molar-refractivity contribution in [3.63, 3.8) is 0 Å². The van der Waals surface area contributed by atoms with Crippen molar-refractivity contribution in [2.45, 2.75) is 39.5 Å². The molecule has 1 N–H and O–H groups in total. The van der Waals surface area contributed by atoms with Gasteiger partial charge in [0.1, 0.15) is 12.1 Å². The predicted molar refractivity (Wildman–Crippen MR) is 81.9 cm³/mol. The number of aromatic nitrogens is 3. The highest BCUT2D eigenvalue weighted by Crippen LogP contribution is 2.26. The first kappa shape index (κ1) is 14.4. The third kappa shape index (κ3) is 3.53. The lowest BCUT2D eigenvalue weighted by Gasteiger charge is -2.16. The van der Waals surface area contributed by atoms with Crippen LogP contribution >= 0.6 is 0 Å². The van der Waals surface area contributed by atoms with Crippen molar-refractivity contribution >= 4 is 5.82 Å². The molecule has 0 saturated heterocycles. The molecule has 0 aromatic carbocycles. The second kappa shape index (κ2) is 6.98. The fourth-order valence-corrected chi connectivity index (χ4v) is 2.26. The third-order valence-electron chi connectivity index (χ3n) is 3.21. The quantitative estimate of drug-likeness (QED) is 0.874. The average Bonchev–Trinajstić information content (AvgIpc) is 2.46. The molecule has 0 aliphatic rings. The zero-order valence-electron chi connectivity index (χ0n) is 12.4. The molecule has 2 heterocycles. The number of pyridine rings is 1. The maximum atomic E-state index is 4.49. The van der Waals surface area contributed by atoms with Gasteiger partial charge in [-0.25, -0.2) is 9.97 Å². The summed E-state index contributed by atoms with van der Waals surface area (Å²) in [7, 11) is 0. The van der Waals surface area contributed by atoms with E-state index >= 15 is 0 Å². The number of anilines is 1. The molecule has 4 nitrogen and oxygen atoms in total. The zero-order valence-corrected chi connectivity index (χ0v) is 12.4. The second-order valence-electron chi connectivity index (χ2n) is 5.20. The minimum atomic E-state index is 0.396. The molecule has 2 aromatic rings. The molecule has 0 atom stereocenters. The Morgan fingerprint density at radius 2 is 1.90 bits per heavy atom. The van der Waals surface area contributed by atoms with E-state index in [0.29, 0.717) is 5.92 Å². The summed E-state index contributed by atoms with van der Waals surface area (Å²) in [5, 5.41) is 3.41. The fraction of sp³-hybridized carbons (Fsp3) is 0.438. The summed E-state index contributed by atoms with van der Waals surface area (Å²) in [6.07, 6.45) is 7.20. The molecule has 0 aliphatic heterocycles. The molecule has 0 unspecified atom stereocenters.